The Labute approximate surface area is 103 Å². The summed E-state index contributed by atoms with van der Waals surface area (Å²) in [6.07, 6.45) is 5.07. The summed E-state index contributed by atoms with van der Waals surface area (Å²) in [6.45, 7) is 2.09. The van der Waals surface area contributed by atoms with Crippen LogP contribution in [0.1, 0.15) is 43.7 Å². The molecule has 1 fully saturated rings. The minimum absolute atomic E-state index is 0.217. The highest BCUT2D eigenvalue weighted by Crippen LogP contribution is 2.44. The summed E-state index contributed by atoms with van der Waals surface area (Å²) in [4.78, 5) is 0. The van der Waals surface area contributed by atoms with Crippen LogP contribution in [-0.2, 0) is 12.0 Å². The summed E-state index contributed by atoms with van der Waals surface area (Å²) < 4.78 is 5.23. The molecule has 0 radical (unpaired) electrons. The topological polar surface area (TPSA) is 55.5 Å². The first kappa shape index (κ1) is 12.2. The second-order valence-electron chi connectivity index (χ2n) is 4.91. The predicted octanol–water partition coefficient (Wildman–Crippen LogP) is 2.69. The molecule has 1 aromatic rings. The third kappa shape index (κ3) is 2.12. The lowest BCUT2D eigenvalue weighted by Crippen LogP contribution is -2.33. The fraction of sp³-hybridized carbons (Fsp3) is 0.571. The Balaban J connectivity index is 2.51. The van der Waals surface area contributed by atoms with E-state index in [1.165, 1.54) is 0 Å². The van der Waals surface area contributed by atoms with Gasteiger partial charge < -0.3 is 15.6 Å². The minimum Gasteiger partial charge on any atom is -0.504 e. The van der Waals surface area contributed by atoms with Crippen molar-refractivity contribution in [3.8, 4) is 11.5 Å². The van der Waals surface area contributed by atoms with Crippen LogP contribution >= 0.6 is 0 Å². The minimum atomic E-state index is -0.372. The first-order valence-corrected chi connectivity index (χ1v) is 6.30. The molecule has 1 aromatic carbocycles. The smallest absolute Gasteiger partial charge is 0.162 e. The van der Waals surface area contributed by atoms with E-state index < -0.39 is 0 Å². The van der Waals surface area contributed by atoms with Crippen molar-refractivity contribution in [2.75, 3.05) is 7.11 Å². The van der Waals surface area contributed by atoms with Gasteiger partial charge in [-0.25, -0.2) is 0 Å². The molecule has 3 heteroatoms. The van der Waals surface area contributed by atoms with Gasteiger partial charge in [0, 0.05) is 11.1 Å². The molecule has 0 heterocycles. The van der Waals surface area contributed by atoms with Gasteiger partial charge in [0.2, 0.25) is 0 Å². The highest BCUT2D eigenvalue weighted by Gasteiger charge is 2.34. The number of aromatic hydroxyl groups is 1. The van der Waals surface area contributed by atoms with Crippen LogP contribution in [0.15, 0.2) is 12.1 Å². The van der Waals surface area contributed by atoms with Gasteiger partial charge in [-0.3, -0.25) is 0 Å². The molecule has 0 amide bonds. The van der Waals surface area contributed by atoms with Crippen molar-refractivity contribution in [3.63, 3.8) is 0 Å². The van der Waals surface area contributed by atoms with Gasteiger partial charge in [-0.2, -0.15) is 0 Å². The van der Waals surface area contributed by atoms with Crippen molar-refractivity contribution in [1.82, 2.24) is 0 Å². The van der Waals surface area contributed by atoms with E-state index in [4.69, 9.17) is 10.5 Å². The lowest BCUT2D eigenvalue weighted by Gasteiger charge is -2.26. The van der Waals surface area contributed by atoms with Gasteiger partial charge in [-0.15, -0.1) is 0 Å². The number of nitrogens with two attached hydrogens (primary N) is 1. The number of phenolic OH excluding ortho intramolecular Hbond substituents is 1. The highest BCUT2D eigenvalue weighted by atomic mass is 16.5. The molecule has 0 atom stereocenters. The Hall–Kier alpha value is -1.22. The molecule has 0 saturated heterocycles. The molecule has 1 aliphatic rings. The van der Waals surface area contributed by atoms with Crippen molar-refractivity contribution < 1.29 is 9.84 Å². The van der Waals surface area contributed by atoms with Gasteiger partial charge >= 0.3 is 0 Å². The summed E-state index contributed by atoms with van der Waals surface area (Å²) in [6, 6.07) is 3.92. The van der Waals surface area contributed by atoms with Crippen molar-refractivity contribution >= 4 is 0 Å². The SMILES string of the molecule is CCc1cc(OC)c(O)c(C2(N)CCCC2)c1. The van der Waals surface area contributed by atoms with Crippen LogP contribution < -0.4 is 10.5 Å². The predicted molar refractivity (Wildman–Crippen MR) is 68.4 cm³/mol. The molecule has 0 spiro atoms. The van der Waals surface area contributed by atoms with Crippen LogP contribution in [-0.4, -0.2) is 12.2 Å². The number of hydrogen-bond donors (Lipinski definition) is 2. The summed E-state index contributed by atoms with van der Waals surface area (Å²) in [5, 5.41) is 10.2. The van der Waals surface area contributed by atoms with Crippen LogP contribution in [0.25, 0.3) is 0 Å². The fourth-order valence-electron chi connectivity index (χ4n) is 2.68. The number of ether oxygens (including phenoxy) is 1. The lowest BCUT2D eigenvalue weighted by atomic mass is 9.87. The molecule has 0 aliphatic heterocycles. The van der Waals surface area contributed by atoms with E-state index in [-0.39, 0.29) is 11.3 Å². The summed E-state index contributed by atoms with van der Waals surface area (Å²) in [5.41, 5.74) is 8.05. The maximum absolute atomic E-state index is 10.2. The zero-order valence-electron chi connectivity index (χ0n) is 10.6. The van der Waals surface area contributed by atoms with E-state index >= 15 is 0 Å². The summed E-state index contributed by atoms with van der Waals surface area (Å²) in [7, 11) is 1.58. The number of hydrogen-bond acceptors (Lipinski definition) is 3. The Kier molecular flexibility index (Phi) is 3.29. The number of benzene rings is 1. The van der Waals surface area contributed by atoms with Gasteiger partial charge in [0.05, 0.1) is 7.11 Å². The molecular weight excluding hydrogens is 214 g/mol. The Morgan fingerprint density at radius 1 is 1.35 bits per heavy atom. The van der Waals surface area contributed by atoms with Crippen molar-refractivity contribution in [3.05, 3.63) is 23.3 Å². The van der Waals surface area contributed by atoms with Crippen LogP contribution in [0, 0.1) is 0 Å². The fourth-order valence-corrected chi connectivity index (χ4v) is 2.68. The molecule has 0 unspecified atom stereocenters. The highest BCUT2D eigenvalue weighted by molar-refractivity contribution is 5.51. The van der Waals surface area contributed by atoms with Gasteiger partial charge in [0.25, 0.3) is 0 Å². The molecule has 1 aliphatic carbocycles. The van der Waals surface area contributed by atoms with E-state index in [1.54, 1.807) is 7.11 Å². The summed E-state index contributed by atoms with van der Waals surface area (Å²) in [5.74, 6) is 0.755. The lowest BCUT2D eigenvalue weighted by molar-refractivity contribution is 0.354. The monoisotopic (exact) mass is 235 g/mol. The quantitative estimate of drug-likeness (QED) is 0.847. The largest absolute Gasteiger partial charge is 0.504 e. The number of methoxy groups -OCH3 is 1. The number of rotatable bonds is 3. The first-order chi connectivity index (χ1) is 8.10. The van der Waals surface area contributed by atoms with Gasteiger partial charge in [0.15, 0.2) is 11.5 Å². The molecule has 3 nitrogen and oxygen atoms in total. The van der Waals surface area contributed by atoms with Crippen LogP contribution in [0.5, 0.6) is 11.5 Å². The zero-order valence-corrected chi connectivity index (χ0v) is 10.6. The maximum atomic E-state index is 10.2. The second-order valence-corrected chi connectivity index (χ2v) is 4.91. The summed E-state index contributed by atoms with van der Waals surface area (Å²) >= 11 is 0. The van der Waals surface area contributed by atoms with Crippen LogP contribution in [0.2, 0.25) is 0 Å². The van der Waals surface area contributed by atoms with E-state index in [0.29, 0.717) is 5.75 Å². The molecule has 2 rings (SSSR count). The van der Waals surface area contributed by atoms with Gasteiger partial charge in [0.1, 0.15) is 0 Å². The molecule has 1 saturated carbocycles. The number of aryl methyl sites for hydroxylation is 1. The molecule has 0 aromatic heterocycles. The molecular formula is C14H21NO2. The Morgan fingerprint density at radius 3 is 2.53 bits per heavy atom. The van der Waals surface area contributed by atoms with E-state index in [1.807, 2.05) is 12.1 Å². The average molecular weight is 235 g/mol. The van der Waals surface area contributed by atoms with Crippen molar-refractivity contribution in [2.45, 2.75) is 44.6 Å². The Bertz CT molecular complexity index is 409. The van der Waals surface area contributed by atoms with E-state index in [2.05, 4.69) is 6.92 Å². The molecule has 17 heavy (non-hydrogen) atoms. The maximum Gasteiger partial charge on any atom is 0.162 e. The van der Waals surface area contributed by atoms with E-state index in [9.17, 15) is 5.11 Å². The van der Waals surface area contributed by atoms with E-state index in [0.717, 1.165) is 43.2 Å². The van der Waals surface area contributed by atoms with Crippen molar-refractivity contribution in [2.24, 2.45) is 5.73 Å². The Morgan fingerprint density at radius 2 is 2.00 bits per heavy atom. The molecule has 0 bridgehead atoms. The average Bonchev–Trinajstić information content (AvgIpc) is 2.77. The number of phenols is 1. The third-order valence-electron chi connectivity index (χ3n) is 3.80. The standard InChI is InChI=1S/C14H21NO2/c1-3-10-8-11(13(16)12(9-10)17-2)14(15)6-4-5-7-14/h8-9,16H,3-7,15H2,1-2H3. The first-order valence-electron chi connectivity index (χ1n) is 6.30. The van der Waals surface area contributed by atoms with Crippen LogP contribution in [0.4, 0.5) is 0 Å². The van der Waals surface area contributed by atoms with Crippen molar-refractivity contribution in [1.29, 1.82) is 0 Å². The van der Waals surface area contributed by atoms with Gasteiger partial charge in [-0.05, 0) is 37.0 Å². The second kappa shape index (κ2) is 4.57. The molecule has 3 N–H and O–H groups in total. The zero-order chi connectivity index (χ0) is 12.5. The third-order valence-corrected chi connectivity index (χ3v) is 3.80. The van der Waals surface area contributed by atoms with Crippen LogP contribution in [0.3, 0.4) is 0 Å². The normalized spacial score (nSPS) is 18.3. The van der Waals surface area contributed by atoms with Gasteiger partial charge in [-0.1, -0.05) is 19.8 Å². The molecule has 94 valence electrons.